The number of aliphatic hydroxyl groups is 1. The second-order valence-electron chi connectivity index (χ2n) is 10.3. The van der Waals surface area contributed by atoms with Crippen molar-refractivity contribution in [2.45, 2.75) is 78.2 Å². The quantitative estimate of drug-likeness (QED) is 0.776. The zero-order chi connectivity index (χ0) is 19.6. The molecule has 0 spiro atoms. The smallest absolute Gasteiger partial charge is 0.307 e. The number of carbonyl (C=O) groups is 2. The molecule has 0 aromatic carbocycles. The number of carboxylic acids is 1. The molecule has 150 valence electrons. The van der Waals surface area contributed by atoms with Crippen molar-refractivity contribution in [2.24, 2.45) is 40.4 Å². The predicted octanol–water partition coefficient (Wildman–Crippen LogP) is 4.22. The van der Waals surface area contributed by atoms with Crippen LogP contribution in [0.5, 0.6) is 0 Å². The number of carboxylic acid groups (broad SMARTS) is 1. The Hall–Kier alpha value is -1.16. The van der Waals surface area contributed by atoms with E-state index in [0.29, 0.717) is 24.7 Å². The van der Waals surface area contributed by atoms with E-state index in [4.69, 9.17) is 0 Å². The van der Waals surface area contributed by atoms with Gasteiger partial charge in [-0.2, -0.15) is 0 Å². The fourth-order valence-corrected chi connectivity index (χ4v) is 8.01. The van der Waals surface area contributed by atoms with E-state index in [2.05, 4.69) is 20.8 Å². The van der Waals surface area contributed by atoms with Gasteiger partial charge in [0, 0.05) is 6.42 Å². The van der Waals surface area contributed by atoms with E-state index in [1.165, 1.54) is 5.57 Å². The van der Waals surface area contributed by atoms with Crippen molar-refractivity contribution in [3.05, 3.63) is 11.6 Å². The minimum Gasteiger partial charge on any atom is -0.481 e. The standard InChI is InChI=1S/C23H34O4/c1-4-5-13-10-17-16-7-6-14-11-15(24)8-9-22(14,2)20(16)18(25)12-23(17,3)19(13)21(26)27/h11,13,16-20,25H,4-10,12H2,1-3H3,(H,26,27). The number of fused-ring (bicyclic) bond motifs is 5. The monoisotopic (exact) mass is 374 g/mol. The molecule has 0 saturated heterocycles. The maximum absolute atomic E-state index is 12.2. The maximum atomic E-state index is 12.2. The average molecular weight is 375 g/mol. The molecule has 0 heterocycles. The van der Waals surface area contributed by atoms with Gasteiger partial charge in [-0.3, -0.25) is 9.59 Å². The summed E-state index contributed by atoms with van der Waals surface area (Å²) in [4.78, 5) is 24.2. The Labute approximate surface area is 162 Å². The first-order chi connectivity index (χ1) is 12.7. The summed E-state index contributed by atoms with van der Waals surface area (Å²) in [7, 11) is 0. The lowest BCUT2D eigenvalue weighted by molar-refractivity contribution is -0.159. The van der Waals surface area contributed by atoms with Crippen molar-refractivity contribution in [1.29, 1.82) is 0 Å². The van der Waals surface area contributed by atoms with Gasteiger partial charge in [-0.25, -0.2) is 0 Å². The number of allylic oxidation sites excluding steroid dienone is 1. The molecule has 4 rings (SSSR count). The summed E-state index contributed by atoms with van der Waals surface area (Å²) in [6, 6.07) is 0. The van der Waals surface area contributed by atoms with E-state index in [1.807, 2.05) is 6.08 Å². The summed E-state index contributed by atoms with van der Waals surface area (Å²) in [5, 5.41) is 21.3. The summed E-state index contributed by atoms with van der Waals surface area (Å²) >= 11 is 0. The average Bonchev–Trinajstić information content (AvgIpc) is 2.87. The van der Waals surface area contributed by atoms with Crippen LogP contribution in [-0.2, 0) is 9.59 Å². The van der Waals surface area contributed by atoms with Crippen LogP contribution in [0, 0.1) is 40.4 Å². The van der Waals surface area contributed by atoms with Gasteiger partial charge in [0.2, 0.25) is 0 Å². The molecule has 3 fully saturated rings. The molecule has 4 nitrogen and oxygen atoms in total. The van der Waals surface area contributed by atoms with Crippen molar-refractivity contribution >= 4 is 11.8 Å². The van der Waals surface area contributed by atoms with Gasteiger partial charge in [-0.05, 0) is 79.1 Å². The molecule has 2 N–H and O–H groups in total. The first-order valence-corrected chi connectivity index (χ1v) is 10.9. The van der Waals surface area contributed by atoms with Crippen LogP contribution in [0.15, 0.2) is 11.6 Å². The molecule has 27 heavy (non-hydrogen) atoms. The topological polar surface area (TPSA) is 74.6 Å². The lowest BCUT2D eigenvalue weighted by Crippen LogP contribution is -2.57. The van der Waals surface area contributed by atoms with E-state index in [-0.39, 0.29) is 34.4 Å². The van der Waals surface area contributed by atoms with E-state index in [0.717, 1.165) is 38.5 Å². The van der Waals surface area contributed by atoms with Gasteiger partial charge in [-0.15, -0.1) is 0 Å². The van der Waals surface area contributed by atoms with E-state index in [1.54, 1.807) is 0 Å². The lowest BCUT2D eigenvalue weighted by atomic mass is 9.46. The molecule has 8 atom stereocenters. The molecule has 4 heteroatoms. The Balaban J connectivity index is 1.73. The minimum atomic E-state index is -0.671. The van der Waals surface area contributed by atoms with Crippen LogP contribution in [0.4, 0.5) is 0 Å². The number of aliphatic hydroxyl groups excluding tert-OH is 1. The highest BCUT2D eigenvalue weighted by molar-refractivity contribution is 5.91. The Bertz CT molecular complexity index is 682. The number of hydrogen-bond donors (Lipinski definition) is 2. The third-order valence-electron chi connectivity index (χ3n) is 8.99. The number of ketones is 1. The molecular formula is C23H34O4. The van der Waals surface area contributed by atoms with Crippen LogP contribution in [0.25, 0.3) is 0 Å². The lowest BCUT2D eigenvalue weighted by Gasteiger charge is -2.59. The van der Waals surface area contributed by atoms with E-state index >= 15 is 0 Å². The summed E-state index contributed by atoms with van der Waals surface area (Å²) < 4.78 is 0. The fourth-order valence-electron chi connectivity index (χ4n) is 8.01. The SMILES string of the molecule is CCCC1CC2C3CCC4=CC(=O)CCC4(C)C3C(O)CC2(C)C1C(=O)O. The molecule has 3 saturated carbocycles. The van der Waals surface area contributed by atoms with Gasteiger partial charge in [0.05, 0.1) is 12.0 Å². The van der Waals surface area contributed by atoms with Crippen LogP contribution in [-0.4, -0.2) is 28.1 Å². The Morgan fingerprint density at radius 2 is 2.04 bits per heavy atom. The van der Waals surface area contributed by atoms with Crippen molar-refractivity contribution in [1.82, 2.24) is 0 Å². The van der Waals surface area contributed by atoms with Gasteiger partial charge in [0.1, 0.15) is 0 Å². The Kier molecular flexibility index (Phi) is 4.57. The minimum absolute atomic E-state index is 0.0981. The molecule has 4 aliphatic rings. The first kappa shape index (κ1) is 19.2. The second kappa shape index (κ2) is 6.43. The number of aliphatic carboxylic acids is 1. The molecular weight excluding hydrogens is 340 g/mol. The predicted molar refractivity (Wildman–Crippen MR) is 103 cm³/mol. The van der Waals surface area contributed by atoms with E-state index < -0.39 is 12.1 Å². The largest absolute Gasteiger partial charge is 0.481 e. The molecule has 8 unspecified atom stereocenters. The van der Waals surface area contributed by atoms with Crippen molar-refractivity contribution in [2.75, 3.05) is 0 Å². The van der Waals surface area contributed by atoms with Crippen molar-refractivity contribution in [3.8, 4) is 0 Å². The third kappa shape index (κ3) is 2.66. The van der Waals surface area contributed by atoms with Crippen LogP contribution in [0.3, 0.4) is 0 Å². The highest BCUT2D eigenvalue weighted by Crippen LogP contribution is 2.68. The molecule has 0 radical (unpaired) electrons. The van der Waals surface area contributed by atoms with Gasteiger partial charge < -0.3 is 10.2 Å². The van der Waals surface area contributed by atoms with Gasteiger partial charge >= 0.3 is 5.97 Å². The summed E-state index contributed by atoms with van der Waals surface area (Å²) in [5.74, 6) is 0.360. The van der Waals surface area contributed by atoms with Crippen LogP contribution in [0.2, 0.25) is 0 Å². The van der Waals surface area contributed by atoms with Gasteiger partial charge in [0.15, 0.2) is 5.78 Å². The Morgan fingerprint density at radius 1 is 1.30 bits per heavy atom. The summed E-state index contributed by atoms with van der Waals surface area (Å²) in [6.45, 7) is 6.53. The van der Waals surface area contributed by atoms with Crippen LogP contribution in [0.1, 0.15) is 72.1 Å². The van der Waals surface area contributed by atoms with Gasteiger partial charge in [-0.1, -0.05) is 32.8 Å². The zero-order valence-electron chi connectivity index (χ0n) is 16.9. The van der Waals surface area contributed by atoms with Crippen molar-refractivity contribution < 1.29 is 19.8 Å². The third-order valence-corrected chi connectivity index (χ3v) is 8.99. The molecule has 4 aliphatic carbocycles. The highest BCUT2D eigenvalue weighted by Gasteiger charge is 2.65. The van der Waals surface area contributed by atoms with Crippen LogP contribution >= 0.6 is 0 Å². The fraction of sp³-hybridized carbons (Fsp3) is 0.826. The normalized spacial score (nSPS) is 49.0. The van der Waals surface area contributed by atoms with E-state index in [9.17, 15) is 19.8 Å². The molecule has 0 amide bonds. The summed E-state index contributed by atoms with van der Waals surface area (Å²) in [6.07, 6.45) is 8.27. The molecule has 0 bridgehead atoms. The number of hydrogen-bond acceptors (Lipinski definition) is 3. The zero-order valence-corrected chi connectivity index (χ0v) is 16.9. The molecule has 0 aromatic rings. The number of carbonyl (C=O) groups excluding carboxylic acids is 1. The second-order valence-corrected chi connectivity index (χ2v) is 10.3. The van der Waals surface area contributed by atoms with Gasteiger partial charge in [0.25, 0.3) is 0 Å². The number of rotatable bonds is 3. The maximum Gasteiger partial charge on any atom is 0.307 e. The summed E-state index contributed by atoms with van der Waals surface area (Å²) in [5.41, 5.74) is 0.827. The Morgan fingerprint density at radius 3 is 2.70 bits per heavy atom. The first-order valence-electron chi connectivity index (χ1n) is 10.9. The molecule has 0 aliphatic heterocycles. The van der Waals surface area contributed by atoms with Crippen LogP contribution < -0.4 is 0 Å². The highest BCUT2D eigenvalue weighted by atomic mass is 16.4. The molecule has 0 aromatic heterocycles. The van der Waals surface area contributed by atoms with Crippen molar-refractivity contribution in [3.63, 3.8) is 0 Å².